The molecule has 0 radical (unpaired) electrons. The average Bonchev–Trinajstić information content (AvgIpc) is 3.18. The first-order valence-corrected chi connectivity index (χ1v) is 5.80. The summed E-state index contributed by atoms with van der Waals surface area (Å²) < 4.78 is 9.75. The largest absolute Gasteiger partial charge is 0.482 e. The van der Waals surface area contributed by atoms with Crippen molar-refractivity contribution in [3.8, 4) is 5.75 Å². The Kier molecular flexibility index (Phi) is 3.98. The minimum Gasteiger partial charge on any atom is -0.482 e. The van der Waals surface area contributed by atoms with Crippen LogP contribution >= 0.6 is 0 Å². The summed E-state index contributed by atoms with van der Waals surface area (Å²) in [5, 5.41) is 3.44. The molecule has 1 aliphatic carbocycles. The summed E-state index contributed by atoms with van der Waals surface area (Å²) in [5.74, 6) is 0.315. The van der Waals surface area contributed by atoms with E-state index in [2.05, 4.69) is 10.1 Å². The topological polar surface area (TPSA) is 47.6 Å². The van der Waals surface area contributed by atoms with Gasteiger partial charge in [-0.25, -0.2) is 4.79 Å². The zero-order valence-electron chi connectivity index (χ0n) is 9.94. The Bertz CT molecular complexity index is 371. The van der Waals surface area contributed by atoms with Gasteiger partial charge in [-0.15, -0.1) is 0 Å². The minimum atomic E-state index is -0.371. The number of hydrogen-bond acceptors (Lipinski definition) is 4. The second kappa shape index (κ2) is 5.68. The zero-order valence-corrected chi connectivity index (χ0v) is 9.94. The number of benzene rings is 1. The Hall–Kier alpha value is -1.55. The maximum absolute atomic E-state index is 10.9. The Morgan fingerprint density at radius 3 is 2.65 bits per heavy atom. The van der Waals surface area contributed by atoms with Gasteiger partial charge in [0.25, 0.3) is 0 Å². The van der Waals surface area contributed by atoms with Crippen LogP contribution in [0.4, 0.5) is 0 Å². The van der Waals surface area contributed by atoms with Crippen molar-refractivity contribution in [2.45, 2.75) is 25.4 Å². The highest BCUT2D eigenvalue weighted by Gasteiger charge is 2.19. The molecule has 4 nitrogen and oxygen atoms in total. The highest BCUT2D eigenvalue weighted by atomic mass is 16.6. The van der Waals surface area contributed by atoms with Crippen LogP contribution in [0.2, 0.25) is 0 Å². The maximum atomic E-state index is 10.9. The SMILES string of the molecule is COC(=O)COc1ccc(CNC2CC2)cc1. The molecule has 0 bridgehead atoms. The van der Waals surface area contributed by atoms with Gasteiger partial charge in [0.2, 0.25) is 0 Å². The minimum absolute atomic E-state index is 0.0455. The quantitative estimate of drug-likeness (QED) is 0.759. The summed E-state index contributed by atoms with van der Waals surface area (Å²) in [7, 11) is 1.35. The molecule has 1 aliphatic rings. The molecule has 92 valence electrons. The highest BCUT2D eigenvalue weighted by molar-refractivity contribution is 5.70. The fourth-order valence-corrected chi connectivity index (χ4v) is 1.45. The summed E-state index contributed by atoms with van der Waals surface area (Å²) in [4.78, 5) is 10.9. The maximum Gasteiger partial charge on any atom is 0.343 e. The van der Waals surface area contributed by atoms with Crippen LogP contribution in [0.3, 0.4) is 0 Å². The lowest BCUT2D eigenvalue weighted by atomic mass is 10.2. The van der Waals surface area contributed by atoms with Gasteiger partial charge in [-0.3, -0.25) is 0 Å². The number of carbonyl (C=O) groups is 1. The van der Waals surface area contributed by atoms with Crippen molar-refractivity contribution in [3.05, 3.63) is 29.8 Å². The Morgan fingerprint density at radius 2 is 2.06 bits per heavy atom. The summed E-state index contributed by atoms with van der Waals surface area (Å²) >= 11 is 0. The number of ether oxygens (including phenoxy) is 2. The van der Waals surface area contributed by atoms with Crippen LogP contribution in [0.5, 0.6) is 5.75 Å². The summed E-state index contributed by atoms with van der Waals surface area (Å²) in [5.41, 5.74) is 1.22. The molecule has 0 aromatic heterocycles. The van der Waals surface area contributed by atoms with E-state index >= 15 is 0 Å². The van der Waals surface area contributed by atoms with Gasteiger partial charge in [-0.2, -0.15) is 0 Å². The molecule has 1 aromatic rings. The van der Waals surface area contributed by atoms with Gasteiger partial charge in [0.15, 0.2) is 6.61 Å². The van der Waals surface area contributed by atoms with E-state index < -0.39 is 0 Å². The lowest BCUT2D eigenvalue weighted by molar-refractivity contribution is -0.142. The Labute approximate surface area is 101 Å². The first kappa shape index (κ1) is 11.9. The third-order valence-electron chi connectivity index (χ3n) is 2.68. The fourth-order valence-electron chi connectivity index (χ4n) is 1.45. The molecule has 1 saturated carbocycles. The van der Waals surface area contributed by atoms with E-state index in [-0.39, 0.29) is 12.6 Å². The van der Waals surface area contributed by atoms with Crippen LogP contribution in [0.25, 0.3) is 0 Å². The summed E-state index contributed by atoms with van der Waals surface area (Å²) in [6.45, 7) is 0.845. The molecular formula is C13H17NO3. The van der Waals surface area contributed by atoms with Crippen molar-refractivity contribution >= 4 is 5.97 Å². The molecule has 4 heteroatoms. The Balaban J connectivity index is 1.77. The standard InChI is InChI=1S/C13H17NO3/c1-16-13(15)9-17-12-6-2-10(3-7-12)8-14-11-4-5-11/h2-3,6-7,11,14H,4-5,8-9H2,1H3. The third-order valence-corrected chi connectivity index (χ3v) is 2.68. The number of methoxy groups -OCH3 is 1. The van der Waals surface area contributed by atoms with E-state index in [1.54, 1.807) is 0 Å². The van der Waals surface area contributed by atoms with Gasteiger partial charge in [-0.1, -0.05) is 12.1 Å². The normalized spacial score (nSPS) is 14.4. The van der Waals surface area contributed by atoms with E-state index in [0.29, 0.717) is 11.8 Å². The van der Waals surface area contributed by atoms with E-state index in [4.69, 9.17) is 4.74 Å². The number of rotatable bonds is 6. The van der Waals surface area contributed by atoms with Crippen LogP contribution < -0.4 is 10.1 Å². The van der Waals surface area contributed by atoms with E-state index in [9.17, 15) is 4.79 Å². The average molecular weight is 235 g/mol. The molecule has 0 atom stereocenters. The van der Waals surface area contributed by atoms with Crippen LogP contribution in [-0.4, -0.2) is 25.7 Å². The van der Waals surface area contributed by atoms with Crippen molar-refractivity contribution in [2.75, 3.05) is 13.7 Å². The molecule has 2 rings (SSSR count). The first-order chi connectivity index (χ1) is 8.28. The van der Waals surface area contributed by atoms with Gasteiger partial charge in [0.05, 0.1) is 7.11 Å². The van der Waals surface area contributed by atoms with Crippen molar-refractivity contribution in [3.63, 3.8) is 0 Å². The number of carbonyl (C=O) groups excluding carboxylic acids is 1. The monoisotopic (exact) mass is 235 g/mol. The van der Waals surface area contributed by atoms with Gasteiger partial charge in [0, 0.05) is 12.6 Å². The fraction of sp³-hybridized carbons (Fsp3) is 0.462. The van der Waals surface area contributed by atoms with E-state index in [1.165, 1.54) is 25.5 Å². The first-order valence-electron chi connectivity index (χ1n) is 5.80. The third kappa shape index (κ3) is 4.07. The molecule has 1 fully saturated rings. The molecule has 1 N–H and O–H groups in total. The summed E-state index contributed by atoms with van der Waals surface area (Å²) in [6.07, 6.45) is 2.58. The van der Waals surface area contributed by atoms with Crippen molar-refractivity contribution < 1.29 is 14.3 Å². The summed E-state index contributed by atoms with van der Waals surface area (Å²) in [6, 6.07) is 8.45. The molecule has 17 heavy (non-hydrogen) atoms. The van der Waals surface area contributed by atoms with Crippen LogP contribution in [0.15, 0.2) is 24.3 Å². The van der Waals surface area contributed by atoms with E-state index in [0.717, 1.165) is 6.54 Å². The van der Waals surface area contributed by atoms with Crippen LogP contribution in [-0.2, 0) is 16.1 Å². The van der Waals surface area contributed by atoms with Crippen LogP contribution in [0, 0.1) is 0 Å². The predicted octanol–water partition coefficient (Wildman–Crippen LogP) is 1.49. The molecule has 0 aliphatic heterocycles. The van der Waals surface area contributed by atoms with Crippen LogP contribution in [0.1, 0.15) is 18.4 Å². The number of nitrogens with one attached hydrogen (secondary N) is 1. The lowest BCUT2D eigenvalue weighted by Gasteiger charge is -2.06. The predicted molar refractivity (Wildman–Crippen MR) is 63.8 cm³/mol. The lowest BCUT2D eigenvalue weighted by Crippen LogP contribution is -2.15. The number of hydrogen-bond donors (Lipinski definition) is 1. The molecule has 0 spiro atoms. The highest BCUT2D eigenvalue weighted by Crippen LogP contribution is 2.19. The zero-order chi connectivity index (χ0) is 12.1. The van der Waals surface area contributed by atoms with Crippen molar-refractivity contribution in [1.29, 1.82) is 0 Å². The van der Waals surface area contributed by atoms with Gasteiger partial charge < -0.3 is 14.8 Å². The van der Waals surface area contributed by atoms with Gasteiger partial charge in [-0.05, 0) is 30.5 Å². The molecular weight excluding hydrogens is 218 g/mol. The molecule has 0 unspecified atom stereocenters. The second-order valence-electron chi connectivity index (χ2n) is 4.16. The van der Waals surface area contributed by atoms with E-state index in [1.807, 2.05) is 24.3 Å². The van der Waals surface area contributed by atoms with Gasteiger partial charge in [0.1, 0.15) is 5.75 Å². The smallest absolute Gasteiger partial charge is 0.343 e. The van der Waals surface area contributed by atoms with Crippen molar-refractivity contribution in [2.24, 2.45) is 0 Å². The second-order valence-corrected chi connectivity index (χ2v) is 4.16. The number of esters is 1. The molecule has 0 heterocycles. The van der Waals surface area contributed by atoms with Crippen molar-refractivity contribution in [1.82, 2.24) is 5.32 Å². The molecule has 1 aromatic carbocycles. The molecule has 0 amide bonds. The molecule has 0 saturated heterocycles. The Morgan fingerprint density at radius 1 is 1.35 bits per heavy atom. The van der Waals surface area contributed by atoms with Gasteiger partial charge >= 0.3 is 5.97 Å².